The first kappa shape index (κ1) is 102. The molecule has 3 aliphatic heterocycles. The van der Waals surface area contributed by atoms with Gasteiger partial charge in [0.15, 0.2) is 12.2 Å². The number of furan rings is 1. The average Bonchev–Trinajstić information content (AvgIpc) is 1.62. The zero-order valence-electron chi connectivity index (χ0n) is 77.6. The molecule has 674 valence electrons. The number of carboxylic acids is 5. The largest absolute Gasteiger partial charge is 1.00 e. The number of ether oxygens (including phenoxy) is 7. The van der Waals surface area contributed by atoms with E-state index >= 15 is 0 Å². The van der Waals surface area contributed by atoms with Crippen molar-refractivity contribution in [1.82, 2.24) is 9.13 Å². The van der Waals surface area contributed by atoms with E-state index in [1.807, 2.05) is 307 Å². The van der Waals surface area contributed by atoms with Crippen molar-refractivity contribution in [3.8, 4) is 72.0 Å². The molecule has 0 fully saturated rings. The number of hydrogen-bond acceptors (Lipinski definition) is 17. The van der Waals surface area contributed by atoms with Crippen molar-refractivity contribution >= 4 is 105 Å². The normalized spacial score (nSPS) is 13.9. The zero-order valence-corrected chi connectivity index (χ0v) is 85.4. The maximum Gasteiger partial charge on any atom is 1.00 e. The molecule has 5 aromatic heterocycles. The van der Waals surface area contributed by atoms with E-state index in [0.29, 0.717) is 46.6 Å². The summed E-state index contributed by atoms with van der Waals surface area (Å²) >= 11 is 3.17. The van der Waals surface area contributed by atoms with Crippen molar-refractivity contribution in [2.45, 2.75) is 175 Å². The second-order valence-electron chi connectivity index (χ2n) is 35.4. The summed E-state index contributed by atoms with van der Waals surface area (Å²) in [5.74, 6) is -2.43. The van der Waals surface area contributed by atoms with Crippen molar-refractivity contribution < 1.29 is 190 Å². The van der Waals surface area contributed by atoms with Gasteiger partial charge in [-0.2, -0.15) is 0 Å². The van der Waals surface area contributed by atoms with Crippen LogP contribution in [0.4, 0.5) is 0 Å². The van der Waals surface area contributed by atoms with Gasteiger partial charge < -0.3 is 81.8 Å². The molecule has 132 heavy (non-hydrogen) atoms. The van der Waals surface area contributed by atoms with E-state index in [-0.39, 0.29) is 103 Å². The second kappa shape index (κ2) is 44.8. The van der Waals surface area contributed by atoms with Gasteiger partial charge in [-0.15, -0.1) is 22.7 Å². The summed E-state index contributed by atoms with van der Waals surface area (Å²) in [5, 5.41) is 58.0. The third-order valence-corrected chi connectivity index (χ3v) is 25.2. The van der Waals surface area contributed by atoms with E-state index in [4.69, 9.17) is 37.6 Å². The van der Waals surface area contributed by atoms with Crippen molar-refractivity contribution in [3.63, 3.8) is 0 Å². The minimum absolute atomic E-state index is 0. The number of para-hydroxylation sites is 3. The minimum Gasteiger partial charge on any atom is -0.547 e. The molecule has 0 saturated heterocycles. The number of fused-ring (bicyclic) bond motifs is 8. The third-order valence-electron chi connectivity index (χ3n) is 22.7. The van der Waals surface area contributed by atoms with Crippen LogP contribution in [0.15, 0.2) is 241 Å². The summed E-state index contributed by atoms with van der Waals surface area (Å²) in [6, 6.07) is 76.9. The van der Waals surface area contributed by atoms with Crippen molar-refractivity contribution in [2.24, 2.45) is 14.1 Å². The van der Waals surface area contributed by atoms with Gasteiger partial charge in [0, 0.05) is 94.9 Å². The van der Waals surface area contributed by atoms with Gasteiger partial charge in [-0.05, 0) is 254 Å². The van der Waals surface area contributed by atoms with Gasteiger partial charge in [0.25, 0.3) is 0 Å². The van der Waals surface area contributed by atoms with Crippen LogP contribution in [-0.4, -0.2) is 97.5 Å². The zero-order chi connectivity index (χ0) is 92.5. The fourth-order valence-electron chi connectivity index (χ4n) is 17.3. The molecule has 0 amide bonds. The molecule has 10 aromatic carbocycles. The number of carbonyl (C=O) groups is 5. The summed E-state index contributed by atoms with van der Waals surface area (Å²) in [5.41, 5.74) is 14.6. The maximum absolute atomic E-state index is 12.1. The van der Waals surface area contributed by atoms with Crippen LogP contribution in [0.2, 0.25) is 0 Å². The number of carbonyl (C=O) groups excluding carboxylic acids is 2. The van der Waals surface area contributed by atoms with Gasteiger partial charge >= 0.3 is 121 Å². The Morgan fingerprint density at radius 1 is 0.402 bits per heavy atom. The Balaban J connectivity index is 0.000000149. The Hall–Kier alpha value is -9.40. The number of rotatable bonds is 22. The molecule has 5 unspecified atom stereocenters. The first-order valence-corrected chi connectivity index (χ1v) is 45.8. The van der Waals surface area contributed by atoms with Crippen molar-refractivity contribution in [3.05, 3.63) is 281 Å². The molecule has 3 N–H and O–H groups in total. The van der Waals surface area contributed by atoms with Gasteiger partial charge in [0.1, 0.15) is 40.8 Å². The van der Waals surface area contributed by atoms with E-state index in [9.17, 15) is 49.5 Å². The summed E-state index contributed by atoms with van der Waals surface area (Å²) in [6.45, 7) is 23.1. The Morgan fingerprint density at radius 3 is 1.23 bits per heavy atom. The van der Waals surface area contributed by atoms with Gasteiger partial charge in [-0.25, -0.2) is 9.59 Å². The molecule has 0 radical (unpaired) electrons. The monoisotopic (exact) mass is 1860 g/mol. The molecule has 0 aliphatic carbocycles. The third kappa shape index (κ3) is 23.6. The van der Waals surface area contributed by atoms with Gasteiger partial charge in [-0.1, -0.05) is 165 Å². The maximum atomic E-state index is 12.1. The predicted molar refractivity (Wildman–Crippen MR) is 510 cm³/mol. The molecule has 8 heterocycles. The molecule has 20 nitrogen and oxygen atoms in total. The summed E-state index contributed by atoms with van der Waals surface area (Å²) in [6.07, 6.45) is 2.96. The van der Waals surface area contributed by atoms with Crippen LogP contribution in [0.1, 0.15) is 183 Å². The fourth-order valence-corrected chi connectivity index (χ4v) is 19.8. The quantitative estimate of drug-likeness (QED) is 0.0532. The minimum atomic E-state index is -1.22. The summed E-state index contributed by atoms with van der Waals surface area (Å²) in [4.78, 5) is 61.8. The van der Waals surface area contributed by atoms with Crippen molar-refractivity contribution in [2.75, 3.05) is 26.4 Å². The van der Waals surface area contributed by atoms with Crippen LogP contribution < -0.4 is 127 Å². The molecular formula is C108H110K2N2O18S2. The molecule has 15 aromatic rings. The smallest absolute Gasteiger partial charge is 0.547 e. The molecule has 24 heteroatoms. The van der Waals surface area contributed by atoms with Crippen LogP contribution in [0, 0.1) is 0 Å². The Kier molecular flexibility index (Phi) is 34.5. The number of carboxylic acid groups (broad SMARTS) is 5. The van der Waals surface area contributed by atoms with Gasteiger partial charge in [0.2, 0.25) is 0 Å². The molecule has 3 aliphatic rings. The SMILES string of the molecule is CC(C)(C)OC(C(=O)O)c1c(-c2ccc3c(c2)CCCO3)oc2ccccc12.CC(C)(C)OC(C(=O)[O-])c1c(-c2ccc3c(c2)CCCO3)sc2ccccc12.CC(C)(C)OC(C(=O)[O-])c1c(-c2ccccc2)sc2ccccc12.CCCC(C(=O)O)c1c(-c2ccc3c(c2)CCCO3)n(C)c2ccccc12.CCOC(C(=O)O)c1c(-c2ccccc2)n(C)c2ccccc12.[K+].[K+]. The van der Waals surface area contributed by atoms with E-state index in [1.54, 1.807) is 22.7 Å². The molecule has 0 saturated carbocycles. The predicted octanol–water partition coefficient (Wildman–Crippen LogP) is 17.2. The number of thiophene rings is 2. The number of aryl methyl sites for hydroxylation is 5. The Morgan fingerprint density at radius 2 is 0.780 bits per heavy atom. The summed E-state index contributed by atoms with van der Waals surface area (Å²) in [7, 11) is 3.99. The van der Waals surface area contributed by atoms with Crippen LogP contribution in [-0.2, 0) is 76.3 Å². The molecule has 5 atom stereocenters. The Labute approximate surface area is 863 Å². The topological polar surface area (TPSA) is 280 Å². The van der Waals surface area contributed by atoms with Crippen LogP contribution in [0.5, 0.6) is 17.2 Å². The van der Waals surface area contributed by atoms with Crippen molar-refractivity contribution in [1.29, 1.82) is 0 Å². The van der Waals surface area contributed by atoms with Crippen LogP contribution in [0.3, 0.4) is 0 Å². The van der Waals surface area contributed by atoms with Crippen LogP contribution in [0.25, 0.3) is 108 Å². The molecule has 18 rings (SSSR count). The first-order chi connectivity index (χ1) is 62.3. The number of aliphatic carboxylic acids is 5. The molecule has 0 bridgehead atoms. The van der Waals surface area contributed by atoms with E-state index in [2.05, 4.69) is 28.8 Å². The number of aromatic nitrogens is 2. The standard InChI is InChI=1S/C23H25NO3.C23H24O5.C23H24O4S.C20H20O3S.C19H19NO3.2K/c1-3-7-18(23(25)26)21-17-9-4-5-10-19(17)24(2)22(21)16-11-12-20-15(14-16)8-6-13-27-20;1-23(2,3)28-21(22(24)25)19-16-8-4-5-9-18(16)27-20(19)15-10-11-17-14(13-15)7-6-12-26-17;1-23(2,3)27-20(22(24)25)19-16-8-4-5-9-18(16)28-21(19)15-10-11-17-14(13-15)7-6-12-26-17;1-20(2,3)23-17(19(21)22)16-14-11-7-8-12-15(14)24-18(16)13-9-5-4-6-10-13;1-3-23-18(19(21)22)16-14-11-7-8-12-15(14)20(2)17(16)13-9-5-4-6-10-13;;/h4-5,9-12,14,18H,3,6-8,13H2,1-2H3,(H,25,26);4-5,8-11,13,21H,6-7,12H2,1-3H3,(H,24,25);4-5,8-11,13,20H,6-7,12H2,1-3H3,(H,24,25);4-12,17H,1-3H3,(H,21,22);4-12,18H,3H2,1-2H3,(H,21,22);;/q;;;;;2*+1/p-2. The molecule has 0 spiro atoms. The fraction of sp³-hybridized carbons (Fsp3) is 0.306. The van der Waals surface area contributed by atoms with E-state index in [1.165, 1.54) is 5.56 Å². The Bertz CT molecular complexity index is 6440. The van der Waals surface area contributed by atoms with Crippen LogP contribution >= 0.6 is 22.7 Å². The van der Waals surface area contributed by atoms with Gasteiger partial charge in [-0.3, -0.25) is 4.79 Å². The average molecular weight is 1870 g/mol. The molecular weight excluding hydrogens is 1760 g/mol. The van der Waals surface area contributed by atoms with E-state index < -0.39 is 77.0 Å². The number of benzene rings is 10. The number of hydrogen-bond donors (Lipinski definition) is 3. The van der Waals surface area contributed by atoms with Gasteiger partial charge in [0.05, 0.1) is 65.9 Å². The second-order valence-corrected chi connectivity index (χ2v) is 37.5. The van der Waals surface area contributed by atoms with E-state index in [0.717, 1.165) is 195 Å². The summed E-state index contributed by atoms with van der Waals surface area (Å²) < 4.78 is 52.9. The number of nitrogens with zero attached hydrogens (tertiary/aromatic N) is 2. The first-order valence-electron chi connectivity index (χ1n) is 44.1.